The molecule has 0 saturated heterocycles. The lowest BCUT2D eigenvalue weighted by atomic mass is 10.0. The first kappa shape index (κ1) is 17.1. The molecule has 0 fully saturated rings. The van der Waals surface area contributed by atoms with E-state index in [2.05, 4.69) is 17.3 Å². The van der Waals surface area contributed by atoms with Crippen LogP contribution in [0, 0.1) is 5.82 Å². The fourth-order valence-corrected chi connectivity index (χ4v) is 2.11. The van der Waals surface area contributed by atoms with E-state index in [4.69, 9.17) is 4.74 Å². The molecule has 1 unspecified atom stereocenters. The van der Waals surface area contributed by atoms with Gasteiger partial charge < -0.3 is 15.0 Å². The molecule has 0 aliphatic rings. The molecule has 0 amide bonds. The summed E-state index contributed by atoms with van der Waals surface area (Å²) in [5.41, 5.74) is 0.999. The summed E-state index contributed by atoms with van der Waals surface area (Å²) in [6, 6.07) is 6.98. The van der Waals surface area contributed by atoms with Crippen molar-refractivity contribution in [3.63, 3.8) is 0 Å². The van der Waals surface area contributed by atoms with Crippen LogP contribution in [0.4, 0.5) is 4.39 Å². The topological polar surface area (TPSA) is 24.5 Å². The maximum atomic E-state index is 13.3. The maximum absolute atomic E-state index is 13.3. The molecule has 1 rings (SSSR count). The Kier molecular flexibility index (Phi) is 7.73. The largest absolute Gasteiger partial charge is 0.377 e. The maximum Gasteiger partial charge on any atom is 0.123 e. The highest BCUT2D eigenvalue weighted by Gasteiger charge is 2.11. The van der Waals surface area contributed by atoms with Crippen molar-refractivity contribution in [2.75, 3.05) is 33.8 Å². The summed E-state index contributed by atoms with van der Waals surface area (Å²) in [5, 5.41) is 3.25. The fraction of sp³-hybridized carbons (Fsp3) is 0.625. The summed E-state index contributed by atoms with van der Waals surface area (Å²) in [6.45, 7) is 6.70. The van der Waals surface area contributed by atoms with E-state index in [1.807, 2.05) is 27.0 Å². The molecule has 1 aromatic rings. The molecular weight excluding hydrogens is 255 g/mol. The Morgan fingerprint density at radius 1 is 1.30 bits per heavy atom. The number of rotatable bonds is 9. The minimum Gasteiger partial charge on any atom is -0.377 e. The molecule has 0 saturated carbocycles. The highest BCUT2D eigenvalue weighted by Crippen LogP contribution is 2.17. The fourth-order valence-electron chi connectivity index (χ4n) is 2.11. The molecule has 3 nitrogen and oxygen atoms in total. The molecular formula is C16H27FN2O. The molecule has 4 heteroatoms. The van der Waals surface area contributed by atoms with Crippen molar-refractivity contribution in [1.82, 2.24) is 10.2 Å². The van der Waals surface area contributed by atoms with Crippen molar-refractivity contribution in [3.8, 4) is 0 Å². The summed E-state index contributed by atoms with van der Waals surface area (Å²) < 4.78 is 18.8. The van der Waals surface area contributed by atoms with Crippen LogP contribution in [-0.4, -0.2) is 44.8 Å². The Bertz CT molecular complexity index is 384. The molecule has 0 aliphatic heterocycles. The zero-order valence-electron chi connectivity index (χ0n) is 13.0. The summed E-state index contributed by atoms with van der Waals surface area (Å²) in [5.74, 6) is -0.179. The second-order valence-corrected chi connectivity index (χ2v) is 5.41. The van der Waals surface area contributed by atoms with Gasteiger partial charge in [-0.15, -0.1) is 0 Å². The average Bonchev–Trinajstić information content (AvgIpc) is 2.39. The van der Waals surface area contributed by atoms with Gasteiger partial charge in [0.15, 0.2) is 0 Å². The predicted molar refractivity (Wildman–Crippen MR) is 81.4 cm³/mol. The lowest BCUT2D eigenvalue weighted by Crippen LogP contribution is -2.28. The van der Waals surface area contributed by atoms with Crippen LogP contribution < -0.4 is 5.32 Å². The van der Waals surface area contributed by atoms with E-state index < -0.39 is 0 Å². The van der Waals surface area contributed by atoms with Gasteiger partial charge >= 0.3 is 0 Å². The number of halogens is 1. The number of ether oxygens (including phenoxy) is 1. The van der Waals surface area contributed by atoms with Crippen LogP contribution in [0.1, 0.15) is 31.9 Å². The Balaban J connectivity index is 2.37. The first-order chi connectivity index (χ1) is 9.52. The van der Waals surface area contributed by atoms with Crippen molar-refractivity contribution >= 4 is 0 Å². The Morgan fingerprint density at radius 3 is 2.65 bits per heavy atom. The van der Waals surface area contributed by atoms with E-state index in [-0.39, 0.29) is 18.0 Å². The molecule has 0 spiro atoms. The van der Waals surface area contributed by atoms with E-state index >= 15 is 0 Å². The van der Waals surface area contributed by atoms with Gasteiger partial charge in [0.2, 0.25) is 0 Å². The minimum absolute atomic E-state index is 0.179. The number of benzene rings is 1. The molecule has 0 bridgehead atoms. The van der Waals surface area contributed by atoms with Gasteiger partial charge in [-0.3, -0.25) is 0 Å². The van der Waals surface area contributed by atoms with Crippen LogP contribution in [0.5, 0.6) is 0 Å². The van der Waals surface area contributed by atoms with Gasteiger partial charge in [0.25, 0.3) is 0 Å². The van der Waals surface area contributed by atoms with Crippen LogP contribution in [0.2, 0.25) is 0 Å². The second kappa shape index (κ2) is 9.06. The minimum atomic E-state index is -0.179. The molecule has 0 aromatic heterocycles. The molecule has 0 heterocycles. The first-order valence-electron chi connectivity index (χ1n) is 7.25. The Hall–Kier alpha value is -0.970. The molecule has 1 N–H and O–H groups in total. The number of nitrogens with one attached hydrogen (secondary N) is 1. The van der Waals surface area contributed by atoms with Gasteiger partial charge in [0, 0.05) is 12.6 Å². The lowest BCUT2D eigenvalue weighted by Gasteiger charge is -2.22. The average molecular weight is 282 g/mol. The van der Waals surface area contributed by atoms with Crippen LogP contribution in [0.25, 0.3) is 0 Å². The number of nitrogens with zero attached hydrogens (tertiary/aromatic N) is 1. The van der Waals surface area contributed by atoms with Crippen molar-refractivity contribution in [1.29, 1.82) is 0 Å². The quantitative estimate of drug-likeness (QED) is 0.754. The SMILES string of the molecule is CNC(CCN(C)CCOC(C)C)c1cccc(F)c1. The zero-order chi connectivity index (χ0) is 15.0. The third kappa shape index (κ3) is 6.46. The van der Waals surface area contributed by atoms with Gasteiger partial charge in [0.05, 0.1) is 12.7 Å². The smallest absolute Gasteiger partial charge is 0.123 e. The van der Waals surface area contributed by atoms with Crippen LogP contribution in [0.15, 0.2) is 24.3 Å². The van der Waals surface area contributed by atoms with Crippen molar-refractivity contribution < 1.29 is 9.13 Å². The molecule has 0 aliphatic carbocycles. The Morgan fingerprint density at radius 2 is 2.05 bits per heavy atom. The van der Waals surface area contributed by atoms with Gasteiger partial charge in [-0.1, -0.05) is 12.1 Å². The van der Waals surface area contributed by atoms with Crippen molar-refractivity contribution in [2.24, 2.45) is 0 Å². The van der Waals surface area contributed by atoms with Crippen LogP contribution in [-0.2, 0) is 4.74 Å². The molecule has 20 heavy (non-hydrogen) atoms. The van der Waals surface area contributed by atoms with Crippen molar-refractivity contribution in [2.45, 2.75) is 32.4 Å². The third-order valence-electron chi connectivity index (χ3n) is 3.32. The number of hydrogen-bond donors (Lipinski definition) is 1. The molecule has 114 valence electrons. The first-order valence-corrected chi connectivity index (χ1v) is 7.25. The summed E-state index contributed by atoms with van der Waals surface area (Å²) in [7, 11) is 4.00. The van der Waals surface area contributed by atoms with Gasteiger partial charge in [-0.25, -0.2) is 4.39 Å². The summed E-state index contributed by atoms with van der Waals surface area (Å²) in [4.78, 5) is 2.24. The zero-order valence-corrected chi connectivity index (χ0v) is 13.0. The van der Waals surface area contributed by atoms with Gasteiger partial charge in [-0.2, -0.15) is 0 Å². The van der Waals surface area contributed by atoms with E-state index in [0.29, 0.717) is 0 Å². The Labute approximate surface area is 122 Å². The summed E-state index contributed by atoms with van der Waals surface area (Å²) >= 11 is 0. The van der Waals surface area contributed by atoms with Gasteiger partial charge in [-0.05, 0) is 58.6 Å². The molecule has 1 atom stereocenters. The lowest BCUT2D eigenvalue weighted by molar-refractivity contribution is 0.0633. The second-order valence-electron chi connectivity index (χ2n) is 5.41. The van der Waals surface area contributed by atoms with E-state index in [9.17, 15) is 4.39 Å². The van der Waals surface area contributed by atoms with Gasteiger partial charge in [0.1, 0.15) is 5.82 Å². The normalized spacial score (nSPS) is 13.2. The van der Waals surface area contributed by atoms with Crippen LogP contribution in [0.3, 0.4) is 0 Å². The highest BCUT2D eigenvalue weighted by molar-refractivity contribution is 5.20. The van der Waals surface area contributed by atoms with E-state index in [1.54, 1.807) is 12.1 Å². The summed E-state index contributed by atoms with van der Waals surface area (Å²) in [6.07, 6.45) is 1.22. The number of likely N-dealkylation sites (N-methyl/N-ethyl adjacent to an activating group) is 1. The molecule has 1 aromatic carbocycles. The monoisotopic (exact) mass is 282 g/mol. The molecule has 0 radical (unpaired) electrons. The number of hydrogen-bond acceptors (Lipinski definition) is 3. The predicted octanol–water partition coefficient (Wildman–Crippen LogP) is 2.83. The van der Waals surface area contributed by atoms with Crippen molar-refractivity contribution in [3.05, 3.63) is 35.6 Å². The standard InChI is InChI=1S/C16H27FN2O/c1-13(2)20-11-10-19(4)9-8-16(18-3)14-6-5-7-15(17)12-14/h5-7,12-13,16,18H,8-11H2,1-4H3. The highest BCUT2D eigenvalue weighted by atomic mass is 19.1. The van der Waals surface area contributed by atoms with Crippen LogP contribution >= 0.6 is 0 Å². The third-order valence-corrected chi connectivity index (χ3v) is 3.32. The van der Waals surface area contributed by atoms with E-state index in [1.165, 1.54) is 6.07 Å². The van der Waals surface area contributed by atoms with E-state index in [0.717, 1.165) is 31.7 Å².